The Morgan fingerprint density at radius 2 is 1.58 bits per heavy atom. The Bertz CT molecular complexity index is 1940. The zero-order chi connectivity index (χ0) is 37.5. The lowest BCUT2D eigenvalue weighted by atomic mass is 9.85. The number of ketones is 1. The predicted molar refractivity (Wildman–Crippen MR) is 194 cm³/mol. The number of benzene rings is 4. The van der Waals surface area contributed by atoms with E-state index in [9.17, 15) is 36.3 Å². The molecule has 8 nitrogen and oxygen atoms in total. The first-order valence-electron chi connectivity index (χ1n) is 17.2. The van der Waals surface area contributed by atoms with Gasteiger partial charge in [0, 0.05) is 31.1 Å². The molecule has 5 rings (SSSR count). The molecule has 12 heteroatoms. The Kier molecular flexibility index (Phi) is 12.4. The van der Waals surface area contributed by atoms with Crippen LogP contribution in [0.1, 0.15) is 75.6 Å². The summed E-state index contributed by atoms with van der Waals surface area (Å²) >= 11 is 0. The van der Waals surface area contributed by atoms with Crippen molar-refractivity contribution in [2.45, 2.75) is 63.5 Å². The van der Waals surface area contributed by atoms with E-state index < -0.39 is 28.4 Å². The van der Waals surface area contributed by atoms with Crippen LogP contribution in [0.25, 0.3) is 0 Å². The van der Waals surface area contributed by atoms with Gasteiger partial charge in [-0.1, -0.05) is 72.8 Å². The Morgan fingerprint density at radius 3 is 2.25 bits per heavy atom. The number of rotatable bonds is 15. The number of halogens is 3. The maximum atomic E-state index is 14.1. The third kappa shape index (κ3) is 10.4. The van der Waals surface area contributed by atoms with Crippen molar-refractivity contribution in [3.05, 3.63) is 131 Å². The van der Waals surface area contributed by atoms with Crippen molar-refractivity contribution in [3.8, 4) is 5.75 Å². The minimum absolute atomic E-state index is 0.0962. The smallest absolute Gasteiger partial charge is 0.406 e. The minimum atomic E-state index is -4.81. The first-order chi connectivity index (χ1) is 24.7. The van der Waals surface area contributed by atoms with Gasteiger partial charge in [-0.05, 0) is 91.5 Å². The number of carbonyl (C=O) groups is 2. The maximum absolute atomic E-state index is 14.1. The molecule has 1 unspecified atom stereocenters. The second kappa shape index (κ2) is 16.8. The molecular formula is C40H43F3N2O6S. The zero-order valence-electron chi connectivity index (χ0n) is 29.1. The number of sulfonamides is 1. The highest BCUT2D eigenvalue weighted by Crippen LogP contribution is 2.34. The van der Waals surface area contributed by atoms with E-state index in [4.69, 9.17) is 0 Å². The highest BCUT2D eigenvalue weighted by atomic mass is 32.2. The van der Waals surface area contributed by atoms with E-state index >= 15 is 0 Å². The number of nitrogens with zero attached hydrogens (tertiary/aromatic N) is 2. The second-order valence-corrected chi connectivity index (χ2v) is 15.3. The third-order valence-corrected chi connectivity index (χ3v) is 10.7. The molecule has 1 N–H and O–H groups in total. The van der Waals surface area contributed by atoms with E-state index in [1.807, 2.05) is 60.7 Å². The molecule has 276 valence electrons. The number of ether oxygens (including phenoxy) is 1. The summed E-state index contributed by atoms with van der Waals surface area (Å²) < 4.78 is 68.4. The van der Waals surface area contributed by atoms with Gasteiger partial charge in [-0.3, -0.25) is 13.9 Å². The summed E-state index contributed by atoms with van der Waals surface area (Å²) in [5, 5.41) is 11.5. The van der Waals surface area contributed by atoms with Crippen molar-refractivity contribution < 1.29 is 41.0 Å². The molecule has 0 bridgehead atoms. The SMILES string of the molecule is CN(c1cc(C(=O)C[C@@H](Cc2ccccc2)[C@H](O)CCCc2cccc(OC(F)(F)F)c2)cc(C(=O)N2CCCC2c2ccccc2)c1)S(C)(=O)=O. The highest BCUT2D eigenvalue weighted by Gasteiger charge is 2.33. The Hall–Kier alpha value is -4.68. The second-order valence-electron chi connectivity index (χ2n) is 13.3. The van der Waals surface area contributed by atoms with Gasteiger partial charge in [0.05, 0.1) is 24.1 Å². The van der Waals surface area contributed by atoms with Gasteiger partial charge in [0.2, 0.25) is 10.0 Å². The molecule has 0 saturated carbocycles. The third-order valence-electron chi connectivity index (χ3n) is 9.48. The fourth-order valence-electron chi connectivity index (χ4n) is 6.73. The number of aliphatic hydroxyl groups excluding tert-OH is 1. The number of hydrogen-bond donors (Lipinski definition) is 1. The van der Waals surface area contributed by atoms with Crippen LogP contribution in [0.2, 0.25) is 0 Å². The lowest BCUT2D eigenvalue weighted by Crippen LogP contribution is -2.31. The van der Waals surface area contributed by atoms with Crippen LogP contribution < -0.4 is 9.04 Å². The van der Waals surface area contributed by atoms with Crippen molar-refractivity contribution in [1.29, 1.82) is 0 Å². The van der Waals surface area contributed by atoms with E-state index in [0.717, 1.165) is 34.5 Å². The van der Waals surface area contributed by atoms with E-state index in [1.165, 1.54) is 43.4 Å². The highest BCUT2D eigenvalue weighted by molar-refractivity contribution is 7.92. The number of aryl methyl sites for hydroxylation is 1. The molecule has 52 heavy (non-hydrogen) atoms. The molecule has 0 aliphatic carbocycles. The van der Waals surface area contributed by atoms with Crippen LogP contribution >= 0.6 is 0 Å². The van der Waals surface area contributed by atoms with Gasteiger partial charge >= 0.3 is 6.36 Å². The first-order valence-corrected chi connectivity index (χ1v) is 19.1. The van der Waals surface area contributed by atoms with Crippen molar-refractivity contribution in [2.24, 2.45) is 5.92 Å². The monoisotopic (exact) mass is 736 g/mol. The molecule has 0 radical (unpaired) electrons. The average Bonchev–Trinajstić information content (AvgIpc) is 3.60. The van der Waals surface area contributed by atoms with Gasteiger partial charge in [-0.15, -0.1) is 13.2 Å². The summed E-state index contributed by atoms with van der Waals surface area (Å²) in [7, 11) is -2.38. The summed E-state index contributed by atoms with van der Waals surface area (Å²) in [6.07, 6.45) is -1.79. The fraction of sp³-hybridized carbons (Fsp3) is 0.350. The maximum Gasteiger partial charge on any atom is 0.573 e. The molecule has 1 aliphatic rings. The van der Waals surface area contributed by atoms with Gasteiger partial charge in [0.15, 0.2) is 5.78 Å². The molecule has 4 aromatic carbocycles. The van der Waals surface area contributed by atoms with Crippen molar-refractivity contribution in [3.63, 3.8) is 0 Å². The average molecular weight is 737 g/mol. The number of aliphatic hydroxyl groups is 1. The Morgan fingerprint density at radius 1 is 0.923 bits per heavy atom. The zero-order valence-corrected chi connectivity index (χ0v) is 29.9. The van der Waals surface area contributed by atoms with Gasteiger partial charge in [0.1, 0.15) is 5.75 Å². The largest absolute Gasteiger partial charge is 0.573 e. The number of hydrogen-bond acceptors (Lipinski definition) is 6. The molecule has 3 atom stereocenters. The lowest BCUT2D eigenvalue weighted by Gasteiger charge is -2.27. The number of Topliss-reactive ketones (excluding diaryl/α,β-unsaturated/α-hetero) is 1. The molecule has 1 fully saturated rings. The minimum Gasteiger partial charge on any atom is -0.406 e. The molecule has 1 heterocycles. The standard InChI is InChI=1S/C40H43F3N2O6S/c1-44(52(2,49)50)34-25-32(24-33(26-34)39(48)45-21-11-19-36(45)30-16-7-4-8-17-30)38(47)27-31(22-28-12-5-3-6-13-28)37(46)20-10-15-29-14-9-18-35(23-29)51-40(41,42)43/h3-9,12-14,16-18,23-26,31,36-37,46H,10-11,15,19-22,27H2,1-2H3/t31-,36?,37-/m1/s1. The summed E-state index contributed by atoms with van der Waals surface area (Å²) in [6, 6.07) is 29.1. The number of amides is 1. The first kappa shape index (κ1) is 38.5. The van der Waals surface area contributed by atoms with Crippen LogP contribution in [0.15, 0.2) is 103 Å². The van der Waals surface area contributed by atoms with Crippen LogP contribution in [0.5, 0.6) is 5.75 Å². The van der Waals surface area contributed by atoms with Crippen molar-refractivity contribution in [1.82, 2.24) is 4.90 Å². The van der Waals surface area contributed by atoms with Gasteiger partial charge in [0.25, 0.3) is 5.91 Å². The molecule has 0 spiro atoms. The van der Waals surface area contributed by atoms with Crippen molar-refractivity contribution >= 4 is 27.4 Å². The van der Waals surface area contributed by atoms with Crippen LogP contribution in [0, 0.1) is 5.92 Å². The summed E-state index contributed by atoms with van der Waals surface area (Å²) in [4.78, 5) is 29.9. The summed E-state index contributed by atoms with van der Waals surface area (Å²) in [6.45, 7) is 0.513. The topological polar surface area (TPSA) is 104 Å². The fourth-order valence-corrected chi connectivity index (χ4v) is 7.22. The van der Waals surface area contributed by atoms with E-state index in [2.05, 4.69) is 4.74 Å². The number of anilines is 1. The predicted octanol–water partition coefficient (Wildman–Crippen LogP) is 7.77. The molecule has 1 saturated heterocycles. The quantitative estimate of drug-likeness (QED) is 0.125. The summed E-state index contributed by atoms with van der Waals surface area (Å²) in [5.41, 5.74) is 3.02. The summed E-state index contributed by atoms with van der Waals surface area (Å²) in [5.74, 6) is -1.54. The van der Waals surface area contributed by atoms with E-state index in [-0.39, 0.29) is 53.1 Å². The van der Waals surface area contributed by atoms with Crippen molar-refractivity contribution in [2.75, 3.05) is 24.2 Å². The number of carbonyl (C=O) groups excluding carboxylic acids is 2. The molecule has 0 aromatic heterocycles. The van der Waals surface area contributed by atoms with Gasteiger partial charge < -0.3 is 14.7 Å². The number of alkyl halides is 3. The van der Waals surface area contributed by atoms with Crippen LogP contribution in [-0.2, 0) is 22.9 Å². The van der Waals surface area contributed by atoms with Crippen LogP contribution in [-0.4, -0.2) is 62.4 Å². The van der Waals surface area contributed by atoms with Crippen LogP contribution in [0.3, 0.4) is 0 Å². The van der Waals surface area contributed by atoms with E-state index in [0.29, 0.717) is 31.4 Å². The Balaban J connectivity index is 1.38. The lowest BCUT2D eigenvalue weighted by molar-refractivity contribution is -0.274. The molecule has 1 amide bonds. The van der Waals surface area contributed by atoms with E-state index in [1.54, 1.807) is 11.0 Å². The molecular weight excluding hydrogens is 694 g/mol. The molecule has 4 aromatic rings. The van der Waals surface area contributed by atoms with Gasteiger partial charge in [-0.25, -0.2) is 8.42 Å². The Labute approximate surface area is 302 Å². The number of likely N-dealkylation sites (tertiary alicyclic amines) is 1. The molecule has 1 aliphatic heterocycles. The normalized spacial score (nSPS) is 16.0. The van der Waals surface area contributed by atoms with Crippen LogP contribution in [0.4, 0.5) is 18.9 Å². The van der Waals surface area contributed by atoms with Gasteiger partial charge in [-0.2, -0.15) is 0 Å².